The SMILES string of the molecule is CCC1OCCC1C(NN)c1ccnn1-c1ccccc1. The van der Waals surface area contributed by atoms with Gasteiger partial charge in [-0.1, -0.05) is 25.1 Å². The Morgan fingerprint density at radius 3 is 2.90 bits per heavy atom. The van der Waals surface area contributed by atoms with Gasteiger partial charge in [0.25, 0.3) is 0 Å². The number of nitrogens with one attached hydrogen (secondary N) is 1. The number of hydrogen-bond donors (Lipinski definition) is 2. The summed E-state index contributed by atoms with van der Waals surface area (Å²) in [7, 11) is 0. The van der Waals surface area contributed by atoms with Crippen LogP contribution in [0.5, 0.6) is 0 Å². The molecule has 0 amide bonds. The van der Waals surface area contributed by atoms with Gasteiger partial charge in [0.1, 0.15) is 0 Å². The zero-order chi connectivity index (χ0) is 14.7. The van der Waals surface area contributed by atoms with Crippen molar-refractivity contribution in [1.82, 2.24) is 15.2 Å². The lowest BCUT2D eigenvalue weighted by Crippen LogP contribution is -2.38. The van der Waals surface area contributed by atoms with Crippen molar-refractivity contribution in [2.45, 2.75) is 31.9 Å². The van der Waals surface area contributed by atoms with Crippen molar-refractivity contribution < 1.29 is 4.74 Å². The van der Waals surface area contributed by atoms with Crippen molar-refractivity contribution in [1.29, 1.82) is 0 Å². The van der Waals surface area contributed by atoms with Crippen molar-refractivity contribution >= 4 is 0 Å². The van der Waals surface area contributed by atoms with Gasteiger partial charge in [-0.25, -0.2) is 4.68 Å². The van der Waals surface area contributed by atoms with Crippen molar-refractivity contribution in [3.05, 3.63) is 48.3 Å². The van der Waals surface area contributed by atoms with Gasteiger partial charge in [-0.3, -0.25) is 11.3 Å². The molecule has 112 valence electrons. The quantitative estimate of drug-likeness (QED) is 0.653. The molecule has 1 fully saturated rings. The molecule has 3 N–H and O–H groups in total. The van der Waals surface area contributed by atoms with Crippen LogP contribution in [-0.4, -0.2) is 22.5 Å². The predicted octanol–water partition coefficient (Wildman–Crippen LogP) is 2.19. The van der Waals surface area contributed by atoms with Gasteiger partial charge in [-0.2, -0.15) is 5.10 Å². The van der Waals surface area contributed by atoms with E-state index in [0.29, 0.717) is 5.92 Å². The van der Waals surface area contributed by atoms with Gasteiger partial charge >= 0.3 is 0 Å². The molecule has 5 heteroatoms. The Bertz CT molecular complexity index is 569. The number of para-hydroxylation sites is 1. The van der Waals surface area contributed by atoms with Crippen LogP contribution >= 0.6 is 0 Å². The molecular formula is C16H22N4O. The maximum Gasteiger partial charge on any atom is 0.0687 e. The van der Waals surface area contributed by atoms with Crippen LogP contribution in [0.2, 0.25) is 0 Å². The summed E-state index contributed by atoms with van der Waals surface area (Å²) in [4.78, 5) is 0. The molecule has 3 rings (SSSR count). The summed E-state index contributed by atoms with van der Waals surface area (Å²) >= 11 is 0. The molecule has 1 aromatic heterocycles. The molecule has 2 aromatic rings. The van der Waals surface area contributed by atoms with E-state index in [0.717, 1.165) is 30.8 Å². The fourth-order valence-corrected chi connectivity index (χ4v) is 3.23. The lowest BCUT2D eigenvalue weighted by Gasteiger charge is -2.27. The standard InChI is InChI=1S/C16H22N4O/c1-2-15-13(9-11-21-15)16(19-17)14-8-10-18-20(14)12-6-4-3-5-7-12/h3-8,10,13,15-16,19H,2,9,11,17H2,1H3. The Labute approximate surface area is 125 Å². The number of benzene rings is 1. The zero-order valence-corrected chi connectivity index (χ0v) is 12.3. The number of nitrogens with zero attached hydrogens (tertiary/aromatic N) is 2. The van der Waals surface area contributed by atoms with E-state index < -0.39 is 0 Å². The van der Waals surface area contributed by atoms with Gasteiger partial charge in [0.2, 0.25) is 0 Å². The van der Waals surface area contributed by atoms with Crippen molar-refractivity contribution in [3.8, 4) is 5.69 Å². The molecule has 3 atom stereocenters. The smallest absolute Gasteiger partial charge is 0.0687 e. The first-order valence-electron chi connectivity index (χ1n) is 7.52. The normalized spacial score (nSPS) is 23.3. The van der Waals surface area contributed by atoms with Crippen LogP contribution in [0, 0.1) is 5.92 Å². The molecule has 0 aliphatic carbocycles. The van der Waals surface area contributed by atoms with Gasteiger partial charge < -0.3 is 4.74 Å². The van der Waals surface area contributed by atoms with Gasteiger partial charge in [0.15, 0.2) is 0 Å². The van der Waals surface area contributed by atoms with E-state index >= 15 is 0 Å². The minimum Gasteiger partial charge on any atom is -0.378 e. The summed E-state index contributed by atoms with van der Waals surface area (Å²) in [6.07, 6.45) is 4.10. The third kappa shape index (κ3) is 2.72. The molecule has 1 aliphatic heterocycles. The lowest BCUT2D eigenvalue weighted by molar-refractivity contribution is 0.0766. The predicted molar refractivity (Wildman–Crippen MR) is 81.8 cm³/mol. The number of hydrazine groups is 1. The number of nitrogens with two attached hydrogens (primary N) is 1. The Balaban J connectivity index is 1.94. The van der Waals surface area contributed by atoms with Gasteiger partial charge in [-0.15, -0.1) is 0 Å². The van der Waals surface area contributed by atoms with Crippen molar-refractivity contribution in [2.75, 3.05) is 6.61 Å². The fourth-order valence-electron chi connectivity index (χ4n) is 3.23. The highest BCUT2D eigenvalue weighted by Gasteiger charge is 2.35. The first kappa shape index (κ1) is 14.3. The molecule has 1 aromatic carbocycles. The van der Waals surface area contributed by atoms with E-state index in [-0.39, 0.29) is 12.1 Å². The van der Waals surface area contributed by atoms with Gasteiger partial charge in [0, 0.05) is 18.7 Å². The number of rotatable bonds is 5. The number of aromatic nitrogens is 2. The second-order valence-corrected chi connectivity index (χ2v) is 5.42. The van der Waals surface area contributed by atoms with E-state index in [9.17, 15) is 0 Å². The topological polar surface area (TPSA) is 65.1 Å². The third-order valence-electron chi connectivity index (χ3n) is 4.26. The Morgan fingerprint density at radius 1 is 1.38 bits per heavy atom. The maximum atomic E-state index is 5.86. The summed E-state index contributed by atoms with van der Waals surface area (Å²) in [5.74, 6) is 6.24. The monoisotopic (exact) mass is 286 g/mol. The van der Waals surface area contributed by atoms with Crippen LogP contribution in [-0.2, 0) is 4.74 Å². The molecule has 3 unspecified atom stereocenters. The molecule has 0 spiro atoms. The van der Waals surface area contributed by atoms with E-state index in [4.69, 9.17) is 10.6 Å². The van der Waals surface area contributed by atoms with Crippen LogP contribution in [0.1, 0.15) is 31.5 Å². The van der Waals surface area contributed by atoms with Crippen LogP contribution in [0.25, 0.3) is 5.69 Å². The van der Waals surface area contributed by atoms with Crippen LogP contribution in [0.15, 0.2) is 42.6 Å². The summed E-state index contributed by atoms with van der Waals surface area (Å²) in [6.45, 7) is 2.96. The van der Waals surface area contributed by atoms with Crippen LogP contribution < -0.4 is 11.3 Å². The first-order chi connectivity index (χ1) is 10.3. The molecular weight excluding hydrogens is 264 g/mol. The van der Waals surface area contributed by atoms with E-state index in [2.05, 4.69) is 17.4 Å². The largest absolute Gasteiger partial charge is 0.378 e. The first-order valence-corrected chi connectivity index (χ1v) is 7.52. The highest BCUT2D eigenvalue weighted by Crippen LogP contribution is 2.34. The molecule has 1 aliphatic rings. The van der Waals surface area contributed by atoms with E-state index in [1.165, 1.54) is 0 Å². The number of hydrogen-bond acceptors (Lipinski definition) is 4. The van der Waals surface area contributed by atoms with Gasteiger partial charge in [0.05, 0.1) is 23.5 Å². The minimum absolute atomic E-state index is 0.0418. The lowest BCUT2D eigenvalue weighted by atomic mass is 9.89. The average Bonchev–Trinajstić information content (AvgIpc) is 3.18. The Kier molecular flexibility index (Phi) is 4.34. The second-order valence-electron chi connectivity index (χ2n) is 5.42. The fraction of sp³-hybridized carbons (Fsp3) is 0.438. The summed E-state index contributed by atoms with van der Waals surface area (Å²) in [6, 6.07) is 12.2. The van der Waals surface area contributed by atoms with Gasteiger partial charge in [-0.05, 0) is 31.0 Å². The number of ether oxygens (including phenoxy) is 1. The van der Waals surface area contributed by atoms with E-state index in [1.807, 2.05) is 47.3 Å². The summed E-state index contributed by atoms with van der Waals surface area (Å²) < 4.78 is 7.77. The Morgan fingerprint density at radius 2 is 2.19 bits per heavy atom. The van der Waals surface area contributed by atoms with E-state index in [1.54, 1.807) is 0 Å². The highest BCUT2D eigenvalue weighted by molar-refractivity contribution is 5.33. The molecule has 1 saturated heterocycles. The molecule has 0 bridgehead atoms. The van der Waals surface area contributed by atoms with Crippen molar-refractivity contribution in [2.24, 2.45) is 11.8 Å². The second kappa shape index (κ2) is 6.39. The maximum absolute atomic E-state index is 5.86. The zero-order valence-electron chi connectivity index (χ0n) is 12.3. The van der Waals surface area contributed by atoms with Crippen LogP contribution in [0.4, 0.5) is 0 Å². The molecule has 0 radical (unpaired) electrons. The summed E-state index contributed by atoms with van der Waals surface area (Å²) in [5, 5.41) is 4.46. The van der Waals surface area contributed by atoms with Crippen LogP contribution in [0.3, 0.4) is 0 Å². The molecule has 21 heavy (non-hydrogen) atoms. The average molecular weight is 286 g/mol. The third-order valence-corrected chi connectivity index (χ3v) is 4.26. The highest BCUT2D eigenvalue weighted by atomic mass is 16.5. The Hall–Kier alpha value is -1.69. The minimum atomic E-state index is 0.0418. The molecule has 2 heterocycles. The summed E-state index contributed by atoms with van der Waals surface area (Å²) in [5.41, 5.74) is 5.11. The van der Waals surface area contributed by atoms with Crippen molar-refractivity contribution in [3.63, 3.8) is 0 Å². The molecule has 0 saturated carbocycles. The molecule has 5 nitrogen and oxygen atoms in total.